The lowest BCUT2D eigenvalue weighted by Crippen LogP contribution is -2.18. The molecule has 1 amide bonds. The number of methoxy groups -OCH3 is 2. The van der Waals surface area contributed by atoms with E-state index in [1.807, 2.05) is 42.0 Å². The molecule has 3 rings (SSSR count). The predicted octanol–water partition coefficient (Wildman–Crippen LogP) is 3.70. The summed E-state index contributed by atoms with van der Waals surface area (Å²) in [5.74, 6) is 1.90. The maximum absolute atomic E-state index is 12.5. The minimum atomic E-state index is -0.150. The molecule has 0 bridgehead atoms. The Hall–Kier alpha value is -3.15. The monoisotopic (exact) mass is 354 g/mol. The minimum Gasteiger partial charge on any atom is -0.497 e. The highest BCUT2D eigenvalue weighted by atomic mass is 16.5. The summed E-state index contributed by atoms with van der Waals surface area (Å²) >= 11 is 0. The second-order valence-corrected chi connectivity index (χ2v) is 5.71. The van der Waals surface area contributed by atoms with Crippen LogP contribution in [0.2, 0.25) is 0 Å². The van der Waals surface area contributed by atoms with Crippen LogP contribution in [0, 0.1) is 0 Å². The molecule has 1 N–H and O–H groups in total. The molecule has 0 fully saturated rings. The van der Waals surface area contributed by atoms with Gasteiger partial charge in [-0.05, 0) is 43.3 Å². The second-order valence-electron chi connectivity index (χ2n) is 5.71. The topological polar surface area (TPSA) is 61.7 Å². The van der Waals surface area contributed by atoms with E-state index in [4.69, 9.17) is 14.2 Å². The number of ether oxygens (including phenoxy) is 3. The molecule has 0 saturated heterocycles. The van der Waals surface area contributed by atoms with Gasteiger partial charge in [0, 0.05) is 23.2 Å². The van der Waals surface area contributed by atoms with Crippen molar-refractivity contribution in [2.24, 2.45) is 0 Å². The SMILES string of the molecule is CCOc1ccc2c(ccn2CC(=O)Nc2cc(OC)ccc2OC)c1. The van der Waals surface area contributed by atoms with Crippen molar-refractivity contribution in [2.45, 2.75) is 13.5 Å². The number of nitrogens with one attached hydrogen (secondary N) is 1. The smallest absolute Gasteiger partial charge is 0.244 e. The van der Waals surface area contributed by atoms with E-state index in [1.165, 1.54) is 0 Å². The fourth-order valence-electron chi connectivity index (χ4n) is 2.83. The molecule has 0 spiro atoms. The number of aromatic nitrogens is 1. The predicted molar refractivity (Wildman–Crippen MR) is 101 cm³/mol. The van der Waals surface area contributed by atoms with Crippen LogP contribution >= 0.6 is 0 Å². The first-order valence-corrected chi connectivity index (χ1v) is 8.38. The number of hydrogen-bond acceptors (Lipinski definition) is 4. The molecule has 136 valence electrons. The quantitative estimate of drug-likeness (QED) is 0.703. The van der Waals surface area contributed by atoms with Gasteiger partial charge in [-0.15, -0.1) is 0 Å². The summed E-state index contributed by atoms with van der Waals surface area (Å²) < 4.78 is 17.9. The Kier molecular flexibility index (Phi) is 5.31. The molecule has 1 heterocycles. The van der Waals surface area contributed by atoms with Crippen molar-refractivity contribution in [1.29, 1.82) is 0 Å². The number of carbonyl (C=O) groups is 1. The van der Waals surface area contributed by atoms with Gasteiger partial charge in [0.2, 0.25) is 5.91 Å². The van der Waals surface area contributed by atoms with Gasteiger partial charge in [-0.1, -0.05) is 0 Å². The van der Waals surface area contributed by atoms with E-state index in [9.17, 15) is 4.79 Å². The lowest BCUT2D eigenvalue weighted by atomic mass is 10.2. The van der Waals surface area contributed by atoms with Gasteiger partial charge in [0.1, 0.15) is 23.8 Å². The fraction of sp³-hybridized carbons (Fsp3) is 0.250. The highest BCUT2D eigenvalue weighted by molar-refractivity contribution is 5.93. The minimum absolute atomic E-state index is 0.150. The zero-order valence-corrected chi connectivity index (χ0v) is 15.1. The van der Waals surface area contributed by atoms with Crippen LogP contribution in [0.3, 0.4) is 0 Å². The summed E-state index contributed by atoms with van der Waals surface area (Å²) in [6, 6.07) is 13.1. The van der Waals surface area contributed by atoms with Gasteiger partial charge in [-0.3, -0.25) is 4.79 Å². The van der Waals surface area contributed by atoms with E-state index in [-0.39, 0.29) is 12.5 Å². The fourth-order valence-corrected chi connectivity index (χ4v) is 2.83. The van der Waals surface area contributed by atoms with Gasteiger partial charge in [0.05, 0.1) is 26.5 Å². The molecular formula is C20H22N2O4. The average molecular weight is 354 g/mol. The number of fused-ring (bicyclic) bond motifs is 1. The van der Waals surface area contributed by atoms with Crippen LogP contribution in [0.25, 0.3) is 10.9 Å². The summed E-state index contributed by atoms with van der Waals surface area (Å²) in [7, 11) is 3.14. The van der Waals surface area contributed by atoms with Crippen LogP contribution in [0.4, 0.5) is 5.69 Å². The lowest BCUT2D eigenvalue weighted by molar-refractivity contribution is -0.116. The van der Waals surface area contributed by atoms with Gasteiger partial charge in [-0.2, -0.15) is 0 Å². The molecule has 26 heavy (non-hydrogen) atoms. The van der Waals surface area contributed by atoms with Crippen LogP contribution in [0.1, 0.15) is 6.92 Å². The molecule has 0 atom stereocenters. The van der Waals surface area contributed by atoms with Gasteiger partial charge < -0.3 is 24.1 Å². The molecule has 2 aromatic carbocycles. The summed E-state index contributed by atoms with van der Waals surface area (Å²) in [5, 5.41) is 3.91. The maximum atomic E-state index is 12.5. The Morgan fingerprint density at radius 1 is 1.04 bits per heavy atom. The number of nitrogens with zero attached hydrogens (tertiary/aromatic N) is 1. The summed E-state index contributed by atoms with van der Waals surface area (Å²) in [5.41, 5.74) is 1.55. The van der Waals surface area contributed by atoms with Gasteiger partial charge >= 0.3 is 0 Å². The van der Waals surface area contributed by atoms with Crippen LogP contribution in [0.15, 0.2) is 48.7 Å². The summed E-state index contributed by atoms with van der Waals surface area (Å²) in [6.07, 6.45) is 1.89. The Balaban J connectivity index is 1.77. The van der Waals surface area contributed by atoms with Gasteiger partial charge in [-0.25, -0.2) is 0 Å². The number of carbonyl (C=O) groups excluding carboxylic acids is 1. The van der Waals surface area contributed by atoms with Crippen LogP contribution in [-0.4, -0.2) is 31.3 Å². The van der Waals surface area contributed by atoms with Crippen molar-refractivity contribution in [3.05, 3.63) is 48.7 Å². The zero-order chi connectivity index (χ0) is 18.5. The van der Waals surface area contributed by atoms with Crippen molar-refractivity contribution < 1.29 is 19.0 Å². The lowest BCUT2D eigenvalue weighted by Gasteiger charge is -2.12. The average Bonchev–Trinajstić information content (AvgIpc) is 3.04. The molecule has 0 aliphatic heterocycles. The van der Waals surface area contributed by atoms with E-state index >= 15 is 0 Å². The van der Waals surface area contributed by atoms with Gasteiger partial charge in [0.25, 0.3) is 0 Å². The molecule has 0 saturated carbocycles. The number of anilines is 1. The molecule has 6 nitrogen and oxygen atoms in total. The molecule has 0 aliphatic carbocycles. The molecule has 0 unspecified atom stereocenters. The maximum Gasteiger partial charge on any atom is 0.244 e. The van der Waals surface area contributed by atoms with E-state index in [0.29, 0.717) is 23.8 Å². The highest BCUT2D eigenvalue weighted by Crippen LogP contribution is 2.29. The van der Waals surface area contributed by atoms with Crippen molar-refractivity contribution >= 4 is 22.5 Å². The molecule has 0 radical (unpaired) electrons. The normalized spacial score (nSPS) is 10.6. The number of benzene rings is 2. The standard InChI is InChI=1S/C20H22N2O4/c1-4-26-16-5-7-18-14(11-16)9-10-22(18)13-20(23)21-17-12-15(24-2)6-8-19(17)25-3/h5-12H,4,13H2,1-3H3,(H,21,23). The van der Waals surface area contributed by atoms with E-state index in [2.05, 4.69) is 5.32 Å². The first kappa shape index (κ1) is 17.7. The van der Waals surface area contributed by atoms with Crippen molar-refractivity contribution in [3.8, 4) is 17.2 Å². The van der Waals surface area contributed by atoms with E-state index in [0.717, 1.165) is 16.7 Å². The van der Waals surface area contributed by atoms with Crippen molar-refractivity contribution in [1.82, 2.24) is 4.57 Å². The van der Waals surface area contributed by atoms with E-state index < -0.39 is 0 Å². The second kappa shape index (κ2) is 7.82. The first-order valence-electron chi connectivity index (χ1n) is 8.38. The number of hydrogen-bond donors (Lipinski definition) is 1. The number of rotatable bonds is 7. The highest BCUT2D eigenvalue weighted by Gasteiger charge is 2.11. The van der Waals surface area contributed by atoms with Gasteiger partial charge in [0.15, 0.2) is 0 Å². The summed E-state index contributed by atoms with van der Waals surface area (Å²) in [4.78, 5) is 12.5. The third kappa shape index (κ3) is 3.74. The van der Waals surface area contributed by atoms with Crippen LogP contribution < -0.4 is 19.5 Å². The van der Waals surface area contributed by atoms with Crippen LogP contribution in [-0.2, 0) is 11.3 Å². The molecular weight excluding hydrogens is 332 g/mol. The summed E-state index contributed by atoms with van der Waals surface area (Å²) in [6.45, 7) is 2.77. The molecule has 6 heteroatoms. The third-order valence-corrected chi connectivity index (χ3v) is 4.05. The molecule has 1 aromatic heterocycles. The molecule has 3 aromatic rings. The Bertz CT molecular complexity index is 917. The Morgan fingerprint density at radius 3 is 2.58 bits per heavy atom. The largest absolute Gasteiger partial charge is 0.497 e. The van der Waals surface area contributed by atoms with E-state index in [1.54, 1.807) is 32.4 Å². The zero-order valence-electron chi connectivity index (χ0n) is 15.1. The molecule has 0 aliphatic rings. The van der Waals surface area contributed by atoms with Crippen molar-refractivity contribution in [3.63, 3.8) is 0 Å². The third-order valence-electron chi connectivity index (χ3n) is 4.05. The Labute approximate surface area is 152 Å². The first-order chi connectivity index (χ1) is 12.6. The van der Waals surface area contributed by atoms with Crippen molar-refractivity contribution in [2.75, 3.05) is 26.1 Å². The number of amides is 1. The Morgan fingerprint density at radius 2 is 1.85 bits per heavy atom. The van der Waals surface area contributed by atoms with Crippen LogP contribution in [0.5, 0.6) is 17.2 Å².